The van der Waals surface area contributed by atoms with Gasteiger partial charge in [0.2, 0.25) is 0 Å². The average Bonchev–Trinajstić information content (AvgIpc) is 3.45. The van der Waals surface area contributed by atoms with Crippen molar-refractivity contribution in [2.24, 2.45) is 0 Å². The normalized spacial score (nSPS) is 21.2. The third kappa shape index (κ3) is 4.16. The minimum Gasteiger partial charge on any atom is -0.465 e. The molecule has 34 heavy (non-hydrogen) atoms. The monoisotopic (exact) mass is 538 g/mol. The van der Waals surface area contributed by atoms with Crippen LogP contribution in [0.3, 0.4) is 0 Å². The van der Waals surface area contributed by atoms with Crippen LogP contribution >= 0.6 is 47.0 Å². The van der Waals surface area contributed by atoms with Crippen molar-refractivity contribution in [3.63, 3.8) is 0 Å². The first kappa shape index (κ1) is 24.8. The van der Waals surface area contributed by atoms with E-state index >= 15 is 0 Å². The van der Waals surface area contributed by atoms with Crippen molar-refractivity contribution in [2.45, 2.75) is 10.5 Å². The summed E-state index contributed by atoms with van der Waals surface area (Å²) in [7, 11) is 5.01. The quantitative estimate of drug-likeness (QED) is 0.411. The van der Waals surface area contributed by atoms with Crippen LogP contribution in [0.15, 0.2) is 48.1 Å². The van der Waals surface area contributed by atoms with Crippen LogP contribution < -0.4 is 0 Å². The van der Waals surface area contributed by atoms with Crippen LogP contribution in [0.1, 0.15) is 16.4 Å². The maximum Gasteiger partial charge on any atom is 0.346 e. The van der Waals surface area contributed by atoms with Gasteiger partial charge < -0.3 is 18.9 Å². The summed E-state index contributed by atoms with van der Waals surface area (Å²) in [5, 5.41) is -0.480. The molecule has 178 valence electrons. The van der Waals surface area contributed by atoms with E-state index in [0.717, 1.165) is 40.2 Å². The zero-order valence-corrected chi connectivity index (χ0v) is 21.6. The van der Waals surface area contributed by atoms with Crippen molar-refractivity contribution < 1.29 is 38.1 Å². The van der Waals surface area contributed by atoms with Gasteiger partial charge in [-0.1, -0.05) is 47.8 Å². The SMILES string of the molecule is COC(=O)C1=C(C(=O)OC)SC(=C2c3ccccc3C3SC(C(=O)OC)=C(C(=O)OC)SC23)S1. The third-order valence-corrected chi connectivity index (χ3v) is 10.8. The maximum absolute atomic E-state index is 12.6. The van der Waals surface area contributed by atoms with Crippen LogP contribution in [0.2, 0.25) is 0 Å². The summed E-state index contributed by atoms with van der Waals surface area (Å²) in [4.78, 5) is 50.5. The predicted octanol–water partition coefficient (Wildman–Crippen LogP) is 3.85. The van der Waals surface area contributed by atoms with Crippen molar-refractivity contribution in [3.05, 3.63) is 59.3 Å². The smallest absolute Gasteiger partial charge is 0.346 e. The van der Waals surface area contributed by atoms with Gasteiger partial charge in [0.05, 0.1) is 43.2 Å². The van der Waals surface area contributed by atoms with Gasteiger partial charge in [-0.05, 0) is 16.7 Å². The Kier molecular flexibility index (Phi) is 7.41. The summed E-state index contributed by atoms with van der Waals surface area (Å²) in [6.45, 7) is 0. The number of rotatable bonds is 4. The average molecular weight is 539 g/mol. The number of benzene rings is 1. The molecule has 0 aromatic heterocycles. The third-order valence-electron chi connectivity index (χ3n) is 5.11. The molecule has 2 aliphatic heterocycles. The van der Waals surface area contributed by atoms with Crippen molar-refractivity contribution in [3.8, 4) is 0 Å². The van der Waals surface area contributed by atoms with E-state index in [1.165, 1.54) is 52.0 Å². The van der Waals surface area contributed by atoms with E-state index in [9.17, 15) is 19.2 Å². The van der Waals surface area contributed by atoms with Crippen LogP contribution in [0.25, 0.3) is 5.57 Å². The predicted molar refractivity (Wildman–Crippen MR) is 132 cm³/mol. The van der Waals surface area contributed by atoms with Gasteiger partial charge in [-0.2, -0.15) is 0 Å². The fourth-order valence-electron chi connectivity index (χ4n) is 3.62. The Labute approximate surface area is 212 Å². The summed E-state index contributed by atoms with van der Waals surface area (Å²) in [5.74, 6) is -2.51. The van der Waals surface area contributed by atoms with E-state index in [1.54, 1.807) is 0 Å². The Morgan fingerprint density at radius 2 is 1.09 bits per heavy atom. The highest BCUT2D eigenvalue weighted by molar-refractivity contribution is 8.29. The highest BCUT2D eigenvalue weighted by Crippen LogP contribution is 2.64. The molecule has 0 bridgehead atoms. The van der Waals surface area contributed by atoms with Crippen molar-refractivity contribution >= 4 is 76.5 Å². The molecule has 0 saturated heterocycles. The molecule has 8 nitrogen and oxygen atoms in total. The number of hydrogen-bond acceptors (Lipinski definition) is 12. The molecular weight excluding hydrogens is 521 g/mol. The van der Waals surface area contributed by atoms with Crippen LogP contribution in [-0.2, 0) is 38.1 Å². The number of carbonyl (C=O) groups is 4. The van der Waals surface area contributed by atoms with Gasteiger partial charge in [0.25, 0.3) is 0 Å². The number of hydrogen-bond donors (Lipinski definition) is 0. The summed E-state index contributed by atoms with van der Waals surface area (Å²) < 4.78 is 20.3. The first-order valence-corrected chi connectivity index (χ1v) is 13.1. The molecule has 1 aliphatic carbocycles. The molecule has 1 aromatic carbocycles. The number of ether oxygens (including phenoxy) is 4. The van der Waals surface area contributed by atoms with Gasteiger partial charge in [-0.3, -0.25) is 0 Å². The molecule has 0 N–H and O–H groups in total. The zero-order chi connectivity index (χ0) is 24.6. The van der Waals surface area contributed by atoms with E-state index in [1.807, 2.05) is 24.3 Å². The Morgan fingerprint density at radius 3 is 1.59 bits per heavy atom. The number of thioether (sulfide) groups is 4. The molecule has 2 heterocycles. The van der Waals surface area contributed by atoms with Crippen molar-refractivity contribution in [1.29, 1.82) is 0 Å². The molecule has 12 heteroatoms. The lowest BCUT2D eigenvalue weighted by molar-refractivity contribution is -0.138. The van der Waals surface area contributed by atoms with Crippen LogP contribution in [0.4, 0.5) is 0 Å². The standard InChI is InChI=1S/C22H18O8S4/c1-27-18(23)14-15(19(24)28-2)32-13-11(9-7-5-6-8-10(9)12(13)31-14)22-33-16(20(25)29-3)17(34-22)21(26)30-4/h5-8,12-13H,1-4H3. The van der Waals surface area contributed by atoms with E-state index in [0.29, 0.717) is 4.24 Å². The van der Waals surface area contributed by atoms with Crippen molar-refractivity contribution in [2.75, 3.05) is 28.4 Å². The lowest BCUT2D eigenvalue weighted by atomic mass is 10.1. The van der Waals surface area contributed by atoms with Crippen LogP contribution in [-0.4, -0.2) is 57.6 Å². The maximum atomic E-state index is 12.6. The van der Waals surface area contributed by atoms with Gasteiger partial charge in [-0.25, -0.2) is 19.2 Å². The van der Waals surface area contributed by atoms with Crippen molar-refractivity contribution in [1.82, 2.24) is 0 Å². The lowest BCUT2D eigenvalue weighted by Gasteiger charge is -2.28. The molecule has 1 aromatic rings. The fraction of sp³-hybridized carbons (Fsp3) is 0.273. The molecule has 0 saturated carbocycles. The Bertz CT molecular complexity index is 1170. The summed E-state index contributed by atoms with van der Waals surface area (Å²) >= 11 is 4.74. The molecule has 0 amide bonds. The Morgan fingerprint density at radius 1 is 0.647 bits per heavy atom. The minimum atomic E-state index is -0.634. The Balaban J connectivity index is 1.85. The lowest BCUT2D eigenvalue weighted by Crippen LogP contribution is -2.21. The van der Waals surface area contributed by atoms with E-state index in [2.05, 4.69) is 0 Å². The molecule has 0 spiro atoms. The molecule has 2 atom stereocenters. The zero-order valence-electron chi connectivity index (χ0n) is 18.4. The molecular formula is C22H18O8S4. The summed E-state index contributed by atoms with van der Waals surface area (Å²) in [5.41, 5.74) is 2.75. The largest absolute Gasteiger partial charge is 0.465 e. The second-order valence-corrected chi connectivity index (χ2v) is 11.5. The topological polar surface area (TPSA) is 105 Å². The molecule has 0 radical (unpaired) electrons. The van der Waals surface area contributed by atoms with E-state index in [4.69, 9.17) is 18.9 Å². The highest BCUT2D eigenvalue weighted by Gasteiger charge is 2.48. The van der Waals surface area contributed by atoms with Gasteiger partial charge in [0, 0.05) is 0 Å². The van der Waals surface area contributed by atoms with E-state index < -0.39 is 23.9 Å². The van der Waals surface area contributed by atoms with Gasteiger partial charge >= 0.3 is 23.9 Å². The highest BCUT2D eigenvalue weighted by atomic mass is 32.2. The number of fused-ring (bicyclic) bond motifs is 3. The first-order chi connectivity index (χ1) is 16.4. The number of methoxy groups -OCH3 is 4. The number of esters is 4. The summed E-state index contributed by atoms with van der Waals surface area (Å²) in [6.07, 6.45) is 0. The van der Waals surface area contributed by atoms with Gasteiger partial charge in [0.15, 0.2) is 0 Å². The molecule has 2 unspecified atom stereocenters. The Hall–Kier alpha value is -2.28. The van der Waals surface area contributed by atoms with Gasteiger partial charge in [-0.15, -0.1) is 23.5 Å². The van der Waals surface area contributed by atoms with E-state index in [-0.39, 0.29) is 30.1 Å². The minimum absolute atomic E-state index is 0.148. The van der Waals surface area contributed by atoms with Crippen LogP contribution in [0, 0.1) is 0 Å². The second kappa shape index (κ2) is 10.1. The first-order valence-electron chi connectivity index (χ1n) is 9.70. The molecule has 0 fully saturated rings. The molecule has 4 rings (SSSR count). The number of carbonyl (C=O) groups excluding carboxylic acids is 4. The second-order valence-electron chi connectivity index (χ2n) is 6.85. The molecule has 3 aliphatic rings. The van der Waals surface area contributed by atoms with Gasteiger partial charge in [0.1, 0.15) is 19.6 Å². The fourth-order valence-corrected chi connectivity index (χ4v) is 9.53. The van der Waals surface area contributed by atoms with Crippen LogP contribution in [0.5, 0.6) is 0 Å². The summed E-state index contributed by atoms with van der Waals surface area (Å²) in [6, 6.07) is 7.70.